The van der Waals surface area contributed by atoms with Gasteiger partial charge in [-0.1, -0.05) is 6.58 Å². The minimum atomic E-state index is -5.67. The fourth-order valence-corrected chi connectivity index (χ4v) is 0.677. The molecule has 17 heavy (non-hydrogen) atoms. The van der Waals surface area contributed by atoms with E-state index in [4.69, 9.17) is 4.55 Å². The number of hydrogen-bond donors (Lipinski definition) is 1. The predicted octanol–water partition coefficient (Wildman–Crippen LogP) is -0.261. The van der Waals surface area contributed by atoms with Crippen LogP contribution in [0.15, 0.2) is 12.7 Å². The predicted molar refractivity (Wildman–Crippen MR) is 48.6 cm³/mol. The Hall–Kier alpha value is -1.55. The number of halogens is 2. The molecule has 0 saturated carbocycles. The Labute approximate surface area is 94.7 Å². The Morgan fingerprint density at radius 3 is 2.29 bits per heavy atom. The fraction of sp³-hybridized carbons (Fsp3) is 0.429. The van der Waals surface area contributed by atoms with E-state index in [0.29, 0.717) is 0 Å². The van der Waals surface area contributed by atoms with Crippen molar-refractivity contribution >= 4 is 22.1 Å². The molecule has 1 N–H and O–H groups in total. The van der Waals surface area contributed by atoms with Crippen molar-refractivity contribution < 1.29 is 40.8 Å². The standard InChI is InChI=1S/C7H8F2O7S/c1-2-5(10)15-3-6(11)16-4-7(8,9)17(12,13)14/h2H,1,3-4H2,(H,12,13,14). The summed E-state index contributed by atoms with van der Waals surface area (Å²) in [6.07, 6.45) is 0.722. The molecule has 0 aliphatic rings. The Balaban J connectivity index is 4.18. The summed E-state index contributed by atoms with van der Waals surface area (Å²) in [7, 11) is -5.67. The Morgan fingerprint density at radius 2 is 1.88 bits per heavy atom. The molecule has 98 valence electrons. The average molecular weight is 274 g/mol. The Kier molecular flexibility index (Phi) is 5.16. The van der Waals surface area contributed by atoms with Crippen molar-refractivity contribution in [3.05, 3.63) is 12.7 Å². The lowest BCUT2D eigenvalue weighted by Crippen LogP contribution is -2.35. The Morgan fingerprint density at radius 1 is 1.35 bits per heavy atom. The van der Waals surface area contributed by atoms with E-state index in [9.17, 15) is 26.8 Å². The third-order valence-corrected chi connectivity index (χ3v) is 2.15. The minimum Gasteiger partial charge on any atom is -0.455 e. The summed E-state index contributed by atoms with van der Waals surface area (Å²) < 4.78 is 61.2. The highest BCUT2D eigenvalue weighted by Crippen LogP contribution is 2.20. The zero-order valence-corrected chi connectivity index (χ0v) is 9.08. The van der Waals surface area contributed by atoms with E-state index in [0.717, 1.165) is 6.08 Å². The molecule has 0 atom stereocenters. The van der Waals surface area contributed by atoms with Gasteiger partial charge in [0, 0.05) is 6.08 Å². The number of ether oxygens (including phenoxy) is 2. The van der Waals surface area contributed by atoms with E-state index in [-0.39, 0.29) is 0 Å². The zero-order valence-electron chi connectivity index (χ0n) is 8.26. The van der Waals surface area contributed by atoms with Crippen LogP contribution in [0.4, 0.5) is 8.78 Å². The fourth-order valence-electron chi connectivity index (χ4n) is 0.470. The summed E-state index contributed by atoms with van der Waals surface area (Å²) in [4.78, 5) is 21.1. The maximum Gasteiger partial charge on any atom is 0.402 e. The van der Waals surface area contributed by atoms with Crippen LogP contribution in [0, 0.1) is 0 Å². The van der Waals surface area contributed by atoms with Crippen LogP contribution in [0.1, 0.15) is 0 Å². The van der Waals surface area contributed by atoms with Crippen LogP contribution in [0.3, 0.4) is 0 Å². The second-order valence-corrected chi connectivity index (χ2v) is 4.13. The maximum absolute atomic E-state index is 12.5. The van der Waals surface area contributed by atoms with Gasteiger partial charge in [-0.15, -0.1) is 0 Å². The summed E-state index contributed by atoms with van der Waals surface area (Å²) in [5, 5.41) is -4.62. The van der Waals surface area contributed by atoms with Crippen LogP contribution in [-0.4, -0.2) is 43.4 Å². The van der Waals surface area contributed by atoms with Gasteiger partial charge in [-0.25, -0.2) is 9.59 Å². The molecule has 0 amide bonds. The first-order chi connectivity index (χ1) is 7.60. The van der Waals surface area contributed by atoms with E-state index in [2.05, 4.69) is 16.1 Å². The van der Waals surface area contributed by atoms with E-state index in [1.807, 2.05) is 0 Å². The molecule has 0 aromatic rings. The topological polar surface area (TPSA) is 107 Å². The van der Waals surface area contributed by atoms with E-state index < -0.39 is 40.5 Å². The molecule has 0 aliphatic heterocycles. The van der Waals surface area contributed by atoms with Gasteiger partial charge >= 0.3 is 27.3 Å². The lowest BCUT2D eigenvalue weighted by Gasteiger charge is -2.12. The highest BCUT2D eigenvalue weighted by molar-refractivity contribution is 7.86. The van der Waals surface area contributed by atoms with Crippen LogP contribution in [0.25, 0.3) is 0 Å². The summed E-state index contributed by atoms with van der Waals surface area (Å²) in [5.74, 6) is -2.38. The number of carbonyl (C=O) groups excluding carboxylic acids is 2. The number of rotatable bonds is 6. The molecule has 7 nitrogen and oxygen atoms in total. The van der Waals surface area contributed by atoms with Gasteiger partial charge in [-0.05, 0) is 0 Å². The smallest absolute Gasteiger partial charge is 0.402 e. The highest BCUT2D eigenvalue weighted by atomic mass is 32.2. The molecule has 10 heteroatoms. The molecule has 0 unspecified atom stereocenters. The van der Waals surface area contributed by atoms with Gasteiger partial charge in [0.1, 0.15) is 0 Å². The van der Waals surface area contributed by atoms with Crippen molar-refractivity contribution in [2.24, 2.45) is 0 Å². The molecule has 0 fully saturated rings. The van der Waals surface area contributed by atoms with Gasteiger partial charge in [-0.2, -0.15) is 17.2 Å². The molecule has 0 bridgehead atoms. The van der Waals surface area contributed by atoms with Gasteiger partial charge in [-0.3, -0.25) is 4.55 Å². The molecule has 0 radical (unpaired) electrons. The zero-order chi connectivity index (χ0) is 13.7. The molecule has 0 rings (SSSR count). The summed E-state index contributed by atoms with van der Waals surface area (Å²) in [5.41, 5.74) is 0. The molecule has 0 saturated heterocycles. The second kappa shape index (κ2) is 5.68. The molecule has 0 aromatic carbocycles. The maximum atomic E-state index is 12.5. The molecule has 0 spiro atoms. The third-order valence-electron chi connectivity index (χ3n) is 1.28. The summed E-state index contributed by atoms with van der Waals surface area (Å²) in [6.45, 7) is 0.139. The number of hydrogen-bond acceptors (Lipinski definition) is 6. The van der Waals surface area contributed by atoms with Crippen molar-refractivity contribution in [3.63, 3.8) is 0 Å². The third kappa shape index (κ3) is 5.36. The minimum absolute atomic E-state index is 0.722. The average Bonchev–Trinajstić information content (AvgIpc) is 2.21. The van der Waals surface area contributed by atoms with Crippen molar-refractivity contribution in [2.45, 2.75) is 5.25 Å². The van der Waals surface area contributed by atoms with Crippen LogP contribution in [0.5, 0.6) is 0 Å². The summed E-state index contributed by atoms with van der Waals surface area (Å²) in [6, 6.07) is 0. The number of alkyl halides is 2. The van der Waals surface area contributed by atoms with Crippen molar-refractivity contribution in [1.82, 2.24) is 0 Å². The lowest BCUT2D eigenvalue weighted by atomic mass is 10.6. The largest absolute Gasteiger partial charge is 0.455 e. The first-order valence-electron chi connectivity index (χ1n) is 3.90. The molecule has 0 aromatic heterocycles. The molecule has 0 heterocycles. The van der Waals surface area contributed by atoms with E-state index >= 15 is 0 Å². The monoisotopic (exact) mass is 274 g/mol. The van der Waals surface area contributed by atoms with Crippen molar-refractivity contribution in [2.75, 3.05) is 13.2 Å². The number of carbonyl (C=O) groups is 2. The van der Waals surface area contributed by atoms with Gasteiger partial charge < -0.3 is 9.47 Å². The molecule has 0 aliphatic carbocycles. The van der Waals surface area contributed by atoms with E-state index in [1.54, 1.807) is 0 Å². The Bertz CT molecular complexity index is 414. The molecular weight excluding hydrogens is 266 g/mol. The van der Waals surface area contributed by atoms with Crippen LogP contribution in [0.2, 0.25) is 0 Å². The van der Waals surface area contributed by atoms with Gasteiger partial charge in [0.15, 0.2) is 13.2 Å². The normalized spacial score (nSPS) is 11.7. The number of esters is 2. The van der Waals surface area contributed by atoms with Crippen molar-refractivity contribution in [3.8, 4) is 0 Å². The lowest BCUT2D eigenvalue weighted by molar-refractivity contribution is -0.160. The van der Waals surface area contributed by atoms with Gasteiger partial charge in [0.05, 0.1) is 0 Å². The van der Waals surface area contributed by atoms with E-state index in [1.165, 1.54) is 0 Å². The quantitative estimate of drug-likeness (QED) is 0.404. The summed E-state index contributed by atoms with van der Waals surface area (Å²) >= 11 is 0. The first kappa shape index (κ1) is 15.4. The van der Waals surface area contributed by atoms with Crippen LogP contribution >= 0.6 is 0 Å². The van der Waals surface area contributed by atoms with Crippen molar-refractivity contribution in [1.29, 1.82) is 0 Å². The highest BCUT2D eigenvalue weighted by Gasteiger charge is 2.45. The second-order valence-electron chi connectivity index (χ2n) is 2.58. The van der Waals surface area contributed by atoms with Gasteiger partial charge in [0.25, 0.3) is 0 Å². The van der Waals surface area contributed by atoms with Gasteiger partial charge in [0.2, 0.25) is 0 Å². The van der Waals surface area contributed by atoms with Crippen LogP contribution < -0.4 is 0 Å². The first-order valence-corrected chi connectivity index (χ1v) is 5.34. The SMILES string of the molecule is C=CC(=O)OCC(=O)OCC(F)(F)S(=O)(=O)O. The van der Waals surface area contributed by atoms with Crippen LogP contribution in [-0.2, 0) is 29.2 Å². The molecular formula is C7H8F2O7S.